The molecule has 0 aliphatic carbocycles. The molecule has 4 heteroatoms. The highest BCUT2D eigenvalue weighted by molar-refractivity contribution is 5.99. The number of nitrogens with two attached hydrogens (primary N) is 1. The summed E-state index contributed by atoms with van der Waals surface area (Å²) >= 11 is 0. The predicted octanol–water partition coefficient (Wildman–Crippen LogP) is -0.665. The maximum Gasteiger partial charge on any atom is 0.232 e. The number of aliphatic imine (C=N–C) groups is 1. The van der Waals surface area contributed by atoms with E-state index in [1.807, 2.05) is 0 Å². The molecule has 48 valence electrons. The van der Waals surface area contributed by atoms with Crippen molar-refractivity contribution in [2.45, 2.75) is 6.42 Å². The first-order valence-corrected chi connectivity index (χ1v) is 2.50. The molecule has 9 heavy (non-hydrogen) atoms. The average molecular weight is 125 g/mol. The first kappa shape index (κ1) is 5.81. The Morgan fingerprint density at radius 1 is 1.78 bits per heavy atom. The van der Waals surface area contributed by atoms with Gasteiger partial charge in [-0.3, -0.25) is 10.1 Å². The Hall–Kier alpha value is -1.32. The highest BCUT2D eigenvalue weighted by Gasteiger charge is 2.10. The lowest BCUT2D eigenvalue weighted by Gasteiger charge is -2.09. The number of carbonyl (C=O) groups is 1. The molecule has 1 amide bonds. The molecule has 0 bridgehead atoms. The Morgan fingerprint density at radius 2 is 2.44 bits per heavy atom. The van der Waals surface area contributed by atoms with Crippen LogP contribution in [0.25, 0.3) is 0 Å². The summed E-state index contributed by atoms with van der Waals surface area (Å²) in [5, 5.41) is 2.34. The summed E-state index contributed by atoms with van der Waals surface area (Å²) in [6.07, 6.45) is 0.251. The molecule has 0 atom stereocenters. The smallest absolute Gasteiger partial charge is 0.232 e. The Balaban J connectivity index is 2.79. The minimum absolute atomic E-state index is 0.135. The SMILES string of the molecule is C=C1CC(=O)NC(N)=N1. The van der Waals surface area contributed by atoms with Crippen LogP contribution in [0.5, 0.6) is 0 Å². The third kappa shape index (κ3) is 1.28. The summed E-state index contributed by atoms with van der Waals surface area (Å²) < 4.78 is 0. The van der Waals surface area contributed by atoms with Gasteiger partial charge in [0.05, 0.1) is 6.42 Å². The molecule has 0 radical (unpaired) electrons. The zero-order chi connectivity index (χ0) is 6.85. The van der Waals surface area contributed by atoms with Gasteiger partial charge in [-0.25, -0.2) is 4.99 Å². The lowest BCUT2D eigenvalue weighted by atomic mass is 10.3. The van der Waals surface area contributed by atoms with Crippen molar-refractivity contribution in [3.63, 3.8) is 0 Å². The van der Waals surface area contributed by atoms with E-state index in [-0.39, 0.29) is 18.3 Å². The molecule has 0 saturated carbocycles. The summed E-state index contributed by atoms with van der Waals surface area (Å²) in [6, 6.07) is 0. The van der Waals surface area contributed by atoms with Gasteiger partial charge in [0.15, 0.2) is 5.96 Å². The molecule has 0 aromatic carbocycles. The number of hydrogen-bond donors (Lipinski definition) is 2. The second kappa shape index (κ2) is 1.89. The van der Waals surface area contributed by atoms with Crippen molar-refractivity contribution < 1.29 is 4.79 Å². The zero-order valence-corrected chi connectivity index (χ0v) is 4.85. The van der Waals surface area contributed by atoms with Crippen molar-refractivity contribution in [1.82, 2.24) is 5.32 Å². The molecule has 3 N–H and O–H groups in total. The van der Waals surface area contributed by atoms with E-state index in [1.54, 1.807) is 0 Å². The highest BCUT2D eigenvalue weighted by Crippen LogP contribution is 2.02. The number of amides is 1. The second-order valence-corrected chi connectivity index (χ2v) is 1.79. The van der Waals surface area contributed by atoms with Crippen LogP contribution in [-0.4, -0.2) is 11.9 Å². The van der Waals surface area contributed by atoms with Gasteiger partial charge in [-0.05, 0) is 0 Å². The van der Waals surface area contributed by atoms with Crippen LogP contribution in [-0.2, 0) is 4.79 Å². The largest absolute Gasteiger partial charge is 0.369 e. The minimum Gasteiger partial charge on any atom is -0.369 e. The quantitative estimate of drug-likeness (QED) is 0.451. The van der Waals surface area contributed by atoms with Crippen molar-refractivity contribution in [3.8, 4) is 0 Å². The fourth-order valence-electron chi connectivity index (χ4n) is 0.610. The van der Waals surface area contributed by atoms with Gasteiger partial charge in [-0.1, -0.05) is 6.58 Å². The van der Waals surface area contributed by atoms with Crippen LogP contribution in [0.2, 0.25) is 0 Å². The van der Waals surface area contributed by atoms with E-state index < -0.39 is 0 Å². The topological polar surface area (TPSA) is 67.5 Å². The number of guanidine groups is 1. The highest BCUT2D eigenvalue weighted by atomic mass is 16.1. The number of hydrogen-bond acceptors (Lipinski definition) is 3. The van der Waals surface area contributed by atoms with Gasteiger partial charge < -0.3 is 5.73 Å². The van der Waals surface area contributed by atoms with Crippen molar-refractivity contribution in [2.24, 2.45) is 10.7 Å². The van der Waals surface area contributed by atoms with Gasteiger partial charge in [-0.15, -0.1) is 0 Å². The van der Waals surface area contributed by atoms with E-state index in [0.29, 0.717) is 5.70 Å². The van der Waals surface area contributed by atoms with Crippen LogP contribution in [0.15, 0.2) is 17.3 Å². The Morgan fingerprint density at radius 3 is 2.89 bits per heavy atom. The Bertz CT molecular complexity index is 194. The molecule has 1 heterocycles. The normalized spacial score (nSPS) is 18.9. The van der Waals surface area contributed by atoms with Crippen LogP contribution in [0, 0.1) is 0 Å². The zero-order valence-electron chi connectivity index (χ0n) is 4.85. The third-order valence-corrected chi connectivity index (χ3v) is 0.911. The maximum absolute atomic E-state index is 10.6. The van der Waals surface area contributed by atoms with E-state index in [2.05, 4.69) is 16.9 Å². The Kier molecular flexibility index (Phi) is 1.22. The summed E-state index contributed by atoms with van der Waals surface area (Å²) in [5.74, 6) is -0.0104. The number of nitrogens with one attached hydrogen (secondary N) is 1. The van der Waals surface area contributed by atoms with Gasteiger partial charge >= 0.3 is 0 Å². The van der Waals surface area contributed by atoms with Crippen LogP contribution in [0.4, 0.5) is 0 Å². The fraction of sp³-hybridized carbons (Fsp3) is 0.200. The van der Waals surface area contributed by atoms with Gasteiger partial charge in [0.2, 0.25) is 5.91 Å². The molecule has 1 rings (SSSR count). The third-order valence-electron chi connectivity index (χ3n) is 0.911. The van der Waals surface area contributed by atoms with E-state index in [1.165, 1.54) is 0 Å². The first-order valence-electron chi connectivity index (χ1n) is 2.50. The fourth-order valence-corrected chi connectivity index (χ4v) is 0.610. The van der Waals surface area contributed by atoms with Crippen LogP contribution < -0.4 is 11.1 Å². The molecule has 0 spiro atoms. The van der Waals surface area contributed by atoms with Crippen LogP contribution in [0.3, 0.4) is 0 Å². The van der Waals surface area contributed by atoms with Crippen molar-refractivity contribution in [3.05, 3.63) is 12.3 Å². The molecule has 4 nitrogen and oxygen atoms in total. The van der Waals surface area contributed by atoms with Gasteiger partial charge in [0.25, 0.3) is 0 Å². The maximum atomic E-state index is 10.6. The summed E-state index contributed by atoms with van der Waals surface area (Å²) in [6.45, 7) is 3.49. The van der Waals surface area contributed by atoms with Gasteiger partial charge in [0, 0.05) is 5.70 Å². The molecule has 0 saturated heterocycles. The molecule has 0 aromatic rings. The van der Waals surface area contributed by atoms with E-state index >= 15 is 0 Å². The average Bonchev–Trinajstić information content (AvgIpc) is 1.59. The van der Waals surface area contributed by atoms with E-state index in [9.17, 15) is 4.79 Å². The monoisotopic (exact) mass is 125 g/mol. The number of rotatable bonds is 0. The number of carbonyl (C=O) groups excluding carboxylic acids is 1. The molecular formula is C5H7N3O. The first-order chi connectivity index (χ1) is 4.18. The van der Waals surface area contributed by atoms with Crippen molar-refractivity contribution >= 4 is 11.9 Å². The summed E-state index contributed by atoms with van der Waals surface area (Å²) in [7, 11) is 0. The van der Waals surface area contributed by atoms with Gasteiger partial charge in [0.1, 0.15) is 0 Å². The lowest BCUT2D eigenvalue weighted by molar-refractivity contribution is -0.119. The summed E-state index contributed by atoms with van der Waals surface area (Å²) in [5.41, 5.74) is 5.68. The standard InChI is InChI=1S/C5H7N3O/c1-3-2-4(9)8-5(6)7-3/h1-2H2,(H3,6,7,8,9). The minimum atomic E-state index is -0.146. The second-order valence-electron chi connectivity index (χ2n) is 1.79. The van der Waals surface area contributed by atoms with Crippen molar-refractivity contribution in [1.29, 1.82) is 0 Å². The van der Waals surface area contributed by atoms with E-state index in [4.69, 9.17) is 5.73 Å². The molecular weight excluding hydrogens is 118 g/mol. The summed E-state index contributed by atoms with van der Waals surface area (Å²) in [4.78, 5) is 14.3. The molecule has 1 aliphatic heterocycles. The van der Waals surface area contributed by atoms with Crippen LogP contribution >= 0.6 is 0 Å². The Labute approximate surface area is 52.5 Å². The molecule has 1 aliphatic rings. The molecule has 0 aromatic heterocycles. The van der Waals surface area contributed by atoms with Crippen LogP contribution in [0.1, 0.15) is 6.42 Å². The lowest BCUT2D eigenvalue weighted by Crippen LogP contribution is -2.39. The molecule has 0 unspecified atom stereocenters. The number of nitrogens with zero attached hydrogens (tertiary/aromatic N) is 1. The van der Waals surface area contributed by atoms with Crippen molar-refractivity contribution in [2.75, 3.05) is 0 Å². The molecule has 0 fully saturated rings. The van der Waals surface area contributed by atoms with Gasteiger partial charge in [-0.2, -0.15) is 0 Å². The predicted molar refractivity (Wildman–Crippen MR) is 33.5 cm³/mol. The van der Waals surface area contributed by atoms with E-state index in [0.717, 1.165) is 0 Å².